The number of hydrogen-bond donors (Lipinski definition) is 0. The number of carbonyl (C=O) groups is 4. The molecule has 7 nitrogen and oxygen atoms in total. The summed E-state index contributed by atoms with van der Waals surface area (Å²) in [6.45, 7) is 9.47. The van der Waals surface area contributed by atoms with Crippen LogP contribution >= 0.6 is 0 Å². The van der Waals surface area contributed by atoms with E-state index in [1.54, 1.807) is 0 Å². The number of carbonyl (C=O) groups excluding carboxylic acids is 4. The molecule has 4 fully saturated rings. The maximum atomic E-state index is 13.8. The third-order valence-electron chi connectivity index (χ3n) is 10.7. The van der Waals surface area contributed by atoms with Gasteiger partial charge in [-0.2, -0.15) is 0 Å². The van der Waals surface area contributed by atoms with Gasteiger partial charge in [-0.05, 0) is 86.4 Å². The molecule has 0 aromatic carbocycles. The van der Waals surface area contributed by atoms with Gasteiger partial charge in [0.25, 0.3) is 0 Å². The van der Waals surface area contributed by atoms with Crippen molar-refractivity contribution in [2.75, 3.05) is 0 Å². The third kappa shape index (κ3) is 4.53. The number of ether oxygens (including phenoxy) is 2. The molecule has 0 unspecified atom stereocenters. The van der Waals surface area contributed by atoms with Crippen LogP contribution in [0, 0.1) is 46.3 Å². The van der Waals surface area contributed by atoms with Gasteiger partial charge in [0.1, 0.15) is 18.0 Å². The van der Waals surface area contributed by atoms with Gasteiger partial charge >= 0.3 is 11.9 Å². The monoisotopic (exact) mass is 489 g/mol. The first-order valence-electron chi connectivity index (χ1n) is 13.4. The minimum Gasteiger partial charge on any atom is -0.550 e. The van der Waals surface area contributed by atoms with Crippen LogP contribution in [0.2, 0.25) is 0 Å². The summed E-state index contributed by atoms with van der Waals surface area (Å²) >= 11 is 0. The molecular weight excluding hydrogens is 448 g/mol. The van der Waals surface area contributed by atoms with Gasteiger partial charge in [-0.1, -0.05) is 20.8 Å². The average Bonchev–Trinajstić information content (AvgIpc) is 3.11. The van der Waals surface area contributed by atoms with E-state index in [2.05, 4.69) is 20.8 Å². The van der Waals surface area contributed by atoms with Crippen molar-refractivity contribution in [3.8, 4) is 0 Å². The summed E-state index contributed by atoms with van der Waals surface area (Å²) in [5, 5.41) is 11.1. The van der Waals surface area contributed by atoms with Crippen molar-refractivity contribution in [2.45, 2.75) is 105 Å². The van der Waals surface area contributed by atoms with Gasteiger partial charge in [0, 0.05) is 37.6 Å². The molecule has 7 heteroatoms. The minimum absolute atomic E-state index is 0.0187. The van der Waals surface area contributed by atoms with E-state index >= 15 is 0 Å². The van der Waals surface area contributed by atoms with Crippen molar-refractivity contribution >= 4 is 23.7 Å². The molecule has 35 heavy (non-hydrogen) atoms. The fourth-order valence-electron chi connectivity index (χ4n) is 9.07. The molecule has 0 N–H and O–H groups in total. The number of carboxylic acids is 1. The number of fused-ring (bicyclic) bond motifs is 5. The van der Waals surface area contributed by atoms with E-state index < -0.39 is 5.97 Å². The Morgan fingerprint density at radius 3 is 2.34 bits per heavy atom. The second-order valence-corrected chi connectivity index (χ2v) is 12.4. The summed E-state index contributed by atoms with van der Waals surface area (Å²) < 4.78 is 11.6. The number of Topliss-reactive ketones (excluding diaryl/α,β-unsaturated/α-hetero) is 1. The quantitative estimate of drug-likeness (QED) is 0.526. The number of ketones is 1. The van der Waals surface area contributed by atoms with E-state index in [4.69, 9.17) is 9.47 Å². The smallest absolute Gasteiger partial charge is 0.302 e. The van der Waals surface area contributed by atoms with Crippen molar-refractivity contribution < 1.29 is 33.8 Å². The lowest BCUT2D eigenvalue weighted by atomic mass is 9.43. The maximum Gasteiger partial charge on any atom is 0.302 e. The lowest BCUT2D eigenvalue weighted by Gasteiger charge is -2.62. The zero-order valence-electron chi connectivity index (χ0n) is 21.8. The standard InChI is InChI=1S/C28H42O7/c1-15(6-9-25(32)33)20-7-8-21-26-22(14-24(28(20,21)5)35-17(3)30)27(4)11-10-19(34-16(2)29)12-18(27)13-23(26)31/h15,18-22,24,26H,6-14H2,1-5H3,(H,32,33)/p-1/t15-,18-,19+,20+,21-,22-,24-,26+,27-,28+/m0/s1. The highest BCUT2D eigenvalue weighted by Crippen LogP contribution is 2.68. The fourth-order valence-corrected chi connectivity index (χ4v) is 9.07. The topological polar surface area (TPSA) is 110 Å². The predicted octanol–water partition coefficient (Wildman–Crippen LogP) is 3.46. The van der Waals surface area contributed by atoms with E-state index in [1.807, 2.05) is 0 Å². The molecule has 10 atom stereocenters. The van der Waals surface area contributed by atoms with Crippen LogP contribution in [0.25, 0.3) is 0 Å². The van der Waals surface area contributed by atoms with Crippen LogP contribution in [-0.4, -0.2) is 35.9 Å². The maximum absolute atomic E-state index is 13.8. The summed E-state index contributed by atoms with van der Waals surface area (Å²) in [6, 6.07) is 0. The van der Waals surface area contributed by atoms with Gasteiger partial charge in [-0.15, -0.1) is 0 Å². The average molecular weight is 490 g/mol. The molecule has 4 aliphatic rings. The second kappa shape index (κ2) is 9.51. The van der Waals surface area contributed by atoms with Gasteiger partial charge < -0.3 is 19.4 Å². The molecule has 196 valence electrons. The second-order valence-electron chi connectivity index (χ2n) is 12.4. The molecule has 4 aliphatic carbocycles. The fraction of sp³-hybridized carbons (Fsp3) is 0.857. The van der Waals surface area contributed by atoms with Crippen molar-refractivity contribution in [3.63, 3.8) is 0 Å². The van der Waals surface area contributed by atoms with Crippen LogP contribution in [-0.2, 0) is 28.7 Å². The first-order valence-corrected chi connectivity index (χ1v) is 13.4. The highest BCUT2D eigenvalue weighted by molar-refractivity contribution is 5.83. The van der Waals surface area contributed by atoms with E-state index in [-0.39, 0.29) is 76.9 Å². The Bertz CT molecular complexity index is 883. The highest BCUT2D eigenvalue weighted by Gasteiger charge is 2.67. The zero-order chi connectivity index (χ0) is 25.7. The van der Waals surface area contributed by atoms with Crippen LogP contribution in [0.1, 0.15) is 92.4 Å². The number of carboxylic acid groups (broad SMARTS) is 1. The normalized spacial score (nSPS) is 43.3. The third-order valence-corrected chi connectivity index (χ3v) is 10.7. The first-order chi connectivity index (χ1) is 16.4. The predicted molar refractivity (Wildman–Crippen MR) is 126 cm³/mol. The molecule has 0 aromatic rings. The summed E-state index contributed by atoms with van der Waals surface area (Å²) in [5.41, 5.74) is -0.417. The Balaban J connectivity index is 1.65. The summed E-state index contributed by atoms with van der Waals surface area (Å²) in [6.07, 6.45) is 5.53. The van der Waals surface area contributed by atoms with Crippen LogP contribution in [0.15, 0.2) is 0 Å². The largest absolute Gasteiger partial charge is 0.550 e. The molecule has 0 radical (unpaired) electrons. The van der Waals surface area contributed by atoms with Crippen molar-refractivity contribution in [1.29, 1.82) is 0 Å². The molecular formula is C28H41O7-. The van der Waals surface area contributed by atoms with E-state index in [0.29, 0.717) is 31.5 Å². The Kier molecular flexibility index (Phi) is 7.11. The Hall–Kier alpha value is -1.92. The van der Waals surface area contributed by atoms with E-state index in [1.165, 1.54) is 13.8 Å². The molecule has 4 rings (SSSR count). The van der Waals surface area contributed by atoms with Gasteiger partial charge in [0.2, 0.25) is 0 Å². The minimum atomic E-state index is -1.04. The van der Waals surface area contributed by atoms with Gasteiger partial charge in [-0.3, -0.25) is 14.4 Å². The Labute approximate surface area is 208 Å². The molecule has 0 bridgehead atoms. The molecule has 0 aromatic heterocycles. The van der Waals surface area contributed by atoms with Crippen LogP contribution < -0.4 is 5.11 Å². The summed E-state index contributed by atoms with van der Waals surface area (Å²) in [5.74, 6) is -0.620. The SMILES string of the molecule is CC(=O)O[C@@H]1CC[C@@]2(C)[C@H](CC(=O)[C@H]3[C@@H]2C[C@H](OC(C)=O)[C@]2(C)[C@@H]([C@@H](C)CCC(=O)[O-])CC[C@@H]32)C1. The number of hydrogen-bond acceptors (Lipinski definition) is 7. The van der Waals surface area contributed by atoms with Crippen LogP contribution in [0.3, 0.4) is 0 Å². The number of aliphatic carboxylic acids is 1. The molecule has 0 aliphatic heterocycles. The summed E-state index contributed by atoms with van der Waals surface area (Å²) in [7, 11) is 0. The highest BCUT2D eigenvalue weighted by atomic mass is 16.5. The van der Waals surface area contributed by atoms with Gasteiger partial charge in [-0.25, -0.2) is 0 Å². The number of esters is 2. The lowest BCUT2D eigenvalue weighted by Crippen LogP contribution is -2.62. The lowest BCUT2D eigenvalue weighted by molar-refractivity contribution is -0.306. The molecule has 0 spiro atoms. The van der Waals surface area contributed by atoms with Gasteiger partial charge in [0.05, 0.1) is 0 Å². The zero-order valence-corrected chi connectivity index (χ0v) is 21.8. The van der Waals surface area contributed by atoms with Gasteiger partial charge in [0.15, 0.2) is 0 Å². The Morgan fingerprint density at radius 2 is 1.71 bits per heavy atom. The van der Waals surface area contributed by atoms with Crippen LogP contribution in [0.4, 0.5) is 0 Å². The molecule has 0 saturated heterocycles. The van der Waals surface area contributed by atoms with Crippen LogP contribution in [0.5, 0.6) is 0 Å². The van der Waals surface area contributed by atoms with E-state index in [9.17, 15) is 24.3 Å². The molecule has 0 amide bonds. The number of rotatable bonds is 6. The molecule has 0 heterocycles. The van der Waals surface area contributed by atoms with Crippen molar-refractivity contribution in [3.05, 3.63) is 0 Å². The van der Waals surface area contributed by atoms with E-state index in [0.717, 1.165) is 25.7 Å². The molecule has 4 saturated carbocycles. The Morgan fingerprint density at radius 1 is 1.03 bits per heavy atom. The van der Waals surface area contributed by atoms with Crippen molar-refractivity contribution in [1.82, 2.24) is 0 Å². The summed E-state index contributed by atoms with van der Waals surface area (Å²) in [4.78, 5) is 48.7. The van der Waals surface area contributed by atoms with Crippen molar-refractivity contribution in [2.24, 2.45) is 46.3 Å². The first kappa shape index (κ1) is 26.2.